The molecule has 0 aromatic heterocycles. The molecule has 0 spiro atoms. The lowest BCUT2D eigenvalue weighted by molar-refractivity contribution is -0.157. The van der Waals surface area contributed by atoms with Gasteiger partial charge in [-0.3, -0.25) is 4.79 Å². The zero-order chi connectivity index (χ0) is 23.1. The molecule has 170 valence electrons. The Kier molecular flexibility index (Phi) is 8.69. The highest BCUT2D eigenvalue weighted by molar-refractivity contribution is 5.70. The molecule has 0 bridgehead atoms. The van der Waals surface area contributed by atoms with Gasteiger partial charge in [0.1, 0.15) is 5.60 Å². The fraction of sp³-hybridized carbons (Fsp3) is 0.480. The van der Waals surface area contributed by atoms with E-state index in [0.717, 1.165) is 17.7 Å². The van der Waals surface area contributed by atoms with E-state index in [4.69, 9.17) is 4.74 Å². The highest BCUT2D eigenvalue weighted by Crippen LogP contribution is 2.30. The predicted octanol–water partition coefficient (Wildman–Crippen LogP) is 5.98. The van der Waals surface area contributed by atoms with Gasteiger partial charge in [0.2, 0.25) is 0 Å². The zero-order valence-corrected chi connectivity index (χ0v) is 18.3. The van der Waals surface area contributed by atoms with Gasteiger partial charge in [-0.05, 0) is 69.6 Å². The van der Waals surface area contributed by atoms with Gasteiger partial charge < -0.3 is 9.84 Å². The lowest BCUT2D eigenvalue weighted by Gasteiger charge is -2.25. The number of halogens is 3. The molecule has 0 amide bonds. The van der Waals surface area contributed by atoms with Crippen molar-refractivity contribution in [3.63, 3.8) is 0 Å². The molecule has 0 unspecified atom stereocenters. The summed E-state index contributed by atoms with van der Waals surface area (Å²) in [5.41, 5.74) is 0.308. The number of aliphatic hydroxyl groups is 1. The summed E-state index contributed by atoms with van der Waals surface area (Å²) in [5, 5.41) is 10.8. The van der Waals surface area contributed by atoms with Crippen LogP contribution in [0.4, 0.5) is 13.2 Å². The number of carbonyl (C=O) groups excluding carboxylic acids is 1. The van der Waals surface area contributed by atoms with E-state index in [1.54, 1.807) is 26.8 Å². The van der Waals surface area contributed by atoms with E-state index in [1.807, 2.05) is 30.3 Å². The van der Waals surface area contributed by atoms with Crippen LogP contribution < -0.4 is 0 Å². The van der Waals surface area contributed by atoms with Crippen molar-refractivity contribution in [2.75, 3.05) is 0 Å². The van der Waals surface area contributed by atoms with Crippen molar-refractivity contribution in [3.8, 4) is 0 Å². The number of carbonyl (C=O) groups is 1. The van der Waals surface area contributed by atoms with Gasteiger partial charge in [0.25, 0.3) is 0 Å². The third kappa shape index (κ3) is 9.13. The van der Waals surface area contributed by atoms with Crippen LogP contribution in [-0.2, 0) is 28.5 Å². The highest BCUT2D eigenvalue weighted by atomic mass is 19.4. The molecule has 0 saturated heterocycles. The summed E-state index contributed by atoms with van der Waals surface area (Å²) < 4.78 is 44.1. The SMILES string of the molecule is CC(C)(C)OC(=O)C[C@@H](Cc1ccccc1)[C@H](O)CCCc1cccc(C(F)(F)F)c1. The Balaban J connectivity index is 1.99. The predicted molar refractivity (Wildman–Crippen MR) is 114 cm³/mol. The van der Waals surface area contributed by atoms with E-state index in [9.17, 15) is 23.1 Å². The Bertz CT molecular complexity index is 826. The molecule has 2 atom stereocenters. The van der Waals surface area contributed by atoms with E-state index >= 15 is 0 Å². The molecular weight excluding hydrogens is 405 g/mol. The number of alkyl halides is 3. The van der Waals surface area contributed by atoms with Crippen molar-refractivity contribution < 1.29 is 27.8 Å². The van der Waals surface area contributed by atoms with Gasteiger partial charge in [-0.15, -0.1) is 0 Å². The maximum atomic E-state index is 12.9. The van der Waals surface area contributed by atoms with Crippen LogP contribution in [0.5, 0.6) is 0 Å². The number of hydrogen-bond acceptors (Lipinski definition) is 3. The molecule has 0 aliphatic heterocycles. The maximum Gasteiger partial charge on any atom is 0.416 e. The Hall–Kier alpha value is -2.34. The zero-order valence-electron chi connectivity index (χ0n) is 18.3. The van der Waals surface area contributed by atoms with Gasteiger partial charge in [-0.25, -0.2) is 0 Å². The summed E-state index contributed by atoms with van der Waals surface area (Å²) in [6.45, 7) is 5.38. The van der Waals surface area contributed by atoms with Crippen molar-refractivity contribution >= 4 is 5.97 Å². The summed E-state index contributed by atoms with van der Waals surface area (Å²) in [7, 11) is 0. The van der Waals surface area contributed by atoms with Gasteiger partial charge in [-0.1, -0.05) is 48.5 Å². The van der Waals surface area contributed by atoms with Crippen LogP contribution in [0.15, 0.2) is 54.6 Å². The minimum Gasteiger partial charge on any atom is -0.460 e. The third-order valence-electron chi connectivity index (χ3n) is 4.95. The van der Waals surface area contributed by atoms with Crippen molar-refractivity contribution in [2.45, 2.75) is 70.8 Å². The summed E-state index contributed by atoms with van der Waals surface area (Å²) >= 11 is 0. The van der Waals surface area contributed by atoms with E-state index in [-0.39, 0.29) is 18.3 Å². The standard InChI is InChI=1S/C25H31F3O3/c1-24(2,3)31-23(30)17-20(15-18-9-5-4-6-10-18)22(29)14-8-12-19-11-7-13-21(16-19)25(26,27)28/h4-7,9-11,13,16,20,22,29H,8,12,14-15,17H2,1-3H3/t20-,22-/m1/s1. The van der Waals surface area contributed by atoms with Crippen LogP contribution in [0, 0.1) is 5.92 Å². The van der Waals surface area contributed by atoms with E-state index in [1.165, 1.54) is 6.07 Å². The first-order valence-corrected chi connectivity index (χ1v) is 10.5. The molecule has 2 aromatic carbocycles. The molecule has 0 saturated carbocycles. The molecule has 6 heteroatoms. The topological polar surface area (TPSA) is 46.5 Å². The van der Waals surface area contributed by atoms with Gasteiger partial charge >= 0.3 is 12.1 Å². The fourth-order valence-corrected chi connectivity index (χ4v) is 3.51. The van der Waals surface area contributed by atoms with Gasteiger partial charge in [-0.2, -0.15) is 13.2 Å². The minimum atomic E-state index is -4.37. The smallest absolute Gasteiger partial charge is 0.416 e. The molecular formula is C25H31F3O3. The van der Waals surface area contributed by atoms with Crippen LogP contribution in [0.25, 0.3) is 0 Å². The highest BCUT2D eigenvalue weighted by Gasteiger charge is 2.30. The van der Waals surface area contributed by atoms with Crippen molar-refractivity contribution in [1.82, 2.24) is 0 Å². The molecule has 0 heterocycles. The summed E-state index contributed by atoms with van der Waals surface area (Å²) in [6.07, 6.45) is -3.21. The maximum absolute atomic E-state index is 12.9. The van der Waals surface area contributed by atoms with Crippen molar-refractivity contribution in [3.05, 3.63) is 71.3 Å². The number of hydrogen-bond donors (Lipinski definition) is 1. The first-order chi connectivity index (χ1) is 14.4. The largest absolute Gasteiger partial charge is 0.460 e. The number of rotatable bonds is 9. The lowest BCUT2D eigenvalue weighted by Crippen LogP contribution is -2.30. The summed E-state index contributed by atoms with van der Waals surface area (Å²) in [4.78, 5) is 12.4. The fourth-order valence-electron chi connectivity index (χ4n) is 3.51. The van der Waals surface area contributed by atoms with E-state index in [0.29, 0.717) is 31.2 Å². The summed E-state index contributed by atoms with van der Waals surface area (Å²) in [6, 6.07) is 14.8. The van der Waals surface area contributed by atoms with Gasteiger partial charge in [0, 0.05) is 0 Å². The Morgan fingerprint density at radius 2 is 1.65 bits per heavy atom. The average Bonchev–Trinajstić information content (AvgIpc) is 2.66. The van der Waals surface area contributed by atoms with Crippen LogP contribution in [0.3, 0.4) is 0 Å². The van der Waals surface area contributed by atoms with E-state index < -0.39 is 23.4 Å². The number of ether oxygens (including phenoxy) is 1. The second-order valence-electron chi connectivity index (χ2n) is 8.90. The minimum absolute atomic E-state index is 0.0802. The summed E-state index contributed by atoms with van der Waals surface area (Å²) in [5.74, 6) is -0.705. The third-order valence-corrected chi connectivity index (χ3v) is 4.95. The Morgan fingerprint density at radius 1 is 1.00 bits per heavy atom. The Morgan fingerprint density at radius 3 is 2.26 bits per heavy atom. The molecule has 2 rings (SSSR count). The molecule has 3 nitrogen and oxygen atoms in total. The molecule has 0 aliphatic rings. The quantitative estimate of drug-likeness (QED) is 0.492. The monoisotopic (exact) mass is 436 g/mol. The molecule has 1 N–H and O–H groups in total. The molecule has 2 aromatic rings. The van der Waals surface area contributed by atoms with Crippen molar-refractivity contribution in [2.24, 2.45) is 5.92 Å². The lowest BCUT2D eigenvalue weighted by atomic mass is 9.88. The van der Waals surface area contributed by atoms with Crippen LogP contribution in [0.1, 0.15) is 56.7 Å². The molecule has 0 fully saturated rings. The normalized spacial score (nSPS) is 14.2. The first-order valence-electron chi connectivity index (χ1n) is 10.5. The van der Waals surface area contributed by atoms with Gasteiger partial charge in [0.05, 0.1) is 18.1 Å². The van der Waals surface area contributed by atoms with Crippen molar-refractivity contribution in [1.29, 1.82) is 0 Å². The van der Waals surface area contributed by atoms with Crippen LogP contribution >= 0.6 is 0 Å². The molecule has 0 aliphatic carbocycles. The second-order valence-corrected chi connectivity index (χ2v) is 8.90. The number of aliphatic hydroxyl groups excluding tert-OH is 1. The number of benzene rings is 2. The molecule has 31 heavy (non-hydrogen) atoms. The van der Waals surface area contributed by atoms with Crippen LogP contribution in [0.2, 0.25) is 0 Å². The molecule has 0 radical (unpaired) electrons. The average molecular weight is 437 g/mol. The van der Waals surface area contributed by atoms with E-state index in [2.05, 4.69) is 0 Å². The number of esters is 1. The second kappa shape index (κ2) is 10.8. The first kappa shape index (κ1) is 24.9. The number of aryl methyl sites for hydroxylation is 1. The van der Waals surface area contributed by atoms with Crippen LogP contribution in [-0.4, -0.2) is 22.8 Å². The van der Waals surface area contributed by atoms with Gasteiger partial charge in [0.15, 0.2) is 0 Å². The Labute approximate surface area is 182 Å².